The topological polar surface area (TPSA) is 17.1 Å². The fourth-order valence-corrected chi connectivity index (χ4v) is 2.80. The molecule has 0 amide bonds. The number of hydrogen-bond donors (Lipinski definition) is 0. The smallest absolute Gasteiger partial charge is 0.294 e. The van der Waals surface area contributed by atoms with Crippen molar-refractivity contribution in [1.82, 2.24) is 0 Å². The van der Waals surface area contributed by atoms with Gasteiger partial charge in [-0.05, 0) is 36.1 Å². The van der Waals surface area contributed by atoms with Gasteiger partial charge in [-0.15, -0.1) is 0 Å². The fraction of sp³-hybridized carbons (Fsp3) is 0.235. The predicted octanol–water partition coefficient (Wildman–Crippen LogP) is 4.30. The van der Waals surface area contributed by atoms with Crippen LogP contribution in [0.2, 0.25) is 0 Å². The van der Waals surface area contributed by atoms with E-state index in [0.29, 0.717) is 12.8 Å². The monoisotopic (exact) mass is 290 g/mol. The molecule has 0 unspecified atom stereocenters. The first-order chi connectivity index (χ1) is 9.95. The molecule has 1 aliphatic rings. The molecule has 1 nitrogen and oxygen atoms in total. The summed E-state index contributed by atoms with van der Waals surface area (Å²) in [6.45, 7) is 0. The SMILES string of the molecule is O=C1c2ccccc2C[C@@H]1Cc1ccc(C(F)(F)F)cc1. The average Bonchev–Trinajstić information content (AvgIpc) is 2.76. The van der Waals surface area contributed by atoms with E-state index in [1.165, 1.54) is 12.1 Å². The first-order valence-corrected chi connectivity index (χ1v) is 6.73. The summed E-state index contributed by atoms with van der Waals surface area (Å²) in [5.74, 6) is -0.0790. The first kappa shape index (κ1) is 13.9. The van der Waals surface area contributed by atoms with Gasteiger partial charge in [-0.1, -0.05) is 36.4 Å². The lowest BCUT2D eigenvalue weighted by Crippen LogP contribution is -2.12. The first-order valence-electron chi connectivity index (χ1n) is 6.73. The van der Waals surface area contributed by atoms with Crippen LogP contribution in [0.15, 0.2) is 48.5 Å². The molecule has 0 saturated carbocycles. The van der Waals surface area contributed by atoms with E-state index in [0.717, 1.165) is 28.8 Å². The molecule has 0 heterocycles. The summed E-state index contributed by atoms with van der Waals surface area (Å²) in [7, 11) is 0. The van der Waals surface area contributed by atoms with Gasteiger partial charge in [0.1, 0.15) is 0 Å². The van der Waals surface area contributed by atoms with Crippen LogP contribution in [0.5, 0.6) is 0 Å². The van der Waals surface area contributed by atoms with Gasteiger partial charge in [0.15, 0.2) is 5.78 Å². The summed E-state index contributed by atoms with van der Waals surface area (Å²) < 4.78 is 37.5. The molecular formula is C17H13F3O. The summed E-state index contributed by atoms with van der Waals surface area (Å²) in [4.78, 5) is 12.2. The Hall–Kier alpha value is -2.10. The van der Waals surface area contributed by atoms with Crippen LogP contribution in [0.1, 0.15) is 27.0 Å². The Labute approximate surface area is 120 Å². The number of halogens is 3. The van der Waals surface area contributed by atoms with Crippen LogP contribution in [-0.2, 0) is 19.0 Å². The second kappa shape index (κ2) is 5.02. The zero-order chi connectivity index (χ0) is 15.0. The van der Waals surface area contributed by atoms with Gasteiger partial charge in [-0.25, -0.2) is 0 Å². The van der Waals surface area contributed by atoms with Crippen molar-refractivity contribution in [2.24, 2.45) is 5.92 Å². The number of carbonyl (C=O) groups excluding carboxylic acids is 1. The van der Waals surface area contributed by atoms with E-state index in [2.05, 4.69) is 0 Å². The molecule has 0 aromatic heterocycles. The molecule has 0 aliphatic heterocycles. The normalized spacial score (nSPS) is 17.9. The Morgan fingerprint density at radius 3 is 2.29 bits per heavy atom. The van der Waals surface area contributed by atoms with Gasteiger partial charge in [0, 0.05) is 11.5 Å². The van der Waals surface area contributed by atoms with Crippen molar-refractivity contribution in [1.29, 1.82) is 0 Å². The maximum atomic E-state index is 12.5. The molecule has 0 saturated heterocycles. The van der Waals surface area contributed by atoms with Crippen LogP contribution in [0.4, 0.5) is 13.2 Å². The van der Waals surface area contributed by atoms with Gasteiger partial charge in [0.25, 0.3) is 0 Å². The Morgan fingerprint density at radius 1 is 1.00 bits per heavy atom. The van der Waals surface area contributed by atoms with E-state index in [-0.39, 0.29) is 11.7 Å². The third kappa shape index (κ3) is 2.71. The van der Waals surface area contributed by atoms with Crippen molar-refractivity contribution < 1.29 is 18.0 Å². The van der Waals surface area contributed by atoms with Gasteiger partial charge in [0.2, 0.25) is 0 Å². The third-order valence-corrected chi connectivity index (χ3v) is 3.88. The predicted molar refractivity (Wildman–Crippen MR) is 73.1 cm³/mol. The second-order valence-corrected chi connectivity index (χ2v) is 5.32. The zero-order valence-electron chi connectivity index (χ0n) is 11.2. The number of benzene rings is 2. The maximum absolute atomic E-state index is 12.5. The van der Waals surface area contributed by atoms with Crippen LogP contribution in [-0.4, -0.2) is 5.78 Å². The Bertz CT molecular complexity index is 671. The van der Waals surface area contributed by atoms with Crippen molar-refractivity contribution in [3.8, 4) is 0 Å². The van der Waals surface area contributed by atoms with E-state index in [4.69, 9.17) is 0 Å². The molecule has 0 spiro atoms. The fourth-order valence-electron chi connectivity index (χ4n) is 2.80. The molecule has 2 aromatic carbocycles. The molecule has 21 heavy (non-hydrogen) atoms. The van der Waals surface area contributed by atoms with Gasteiger partial charge in [0.05, 0.1) is 5.56 Å². The van der Waals surface area contributed by atoms with Gasteiger partial charge < -0.3 is 0 Å². The maximum Gasteiger partial charge on any atom is 0.416 e. The lowest BCUT2D eigenvalue weighted by molar-refractivity contribution is -0.137. The van der Waals surface area contributed by atoms with Gasteiger partial charge in [-0.3, -0.25) is 4.79 Å². The Balaban J connectivity index is 1.76. The molecule has 0 radical (unpaired) electrons. The minimum absolute atomic E-state index is 0.0884. The molecule has 108 valence electrons. The lowest BCUT2D eigenvalue weighted by Gasteiger charge is -2.10. The van der Waals surface area contributed by atoms with Crippen LogP contribution in [0.3, 0.4) is 0 Å². The van der Waals surface area contributed by atoms with Crippen molar-refractivity contribution in [3.05, 3.63) is 70.8 Å². The van der Waals surface area contributed by atoms with Crippen molar-refractivity contribution in [2.75, 3.05) is 0 Å². The second-order valence-electron chi connectivity index (χ2n) is 5.32. The van der Waals surface area contributed by atoms with E-state index >= 15 is 0 Å². The number of fused-ring (bicyclic) bond motifs is 1. The standard InChI is InChI=1S/C17H13F3O/c18-17(19,20)14-7-5-11(6-8-14)9-13-10-12-3-1-2-4-15(12)16(13)21/h1-8,13H,9-10H2/t13-/m0/s1. The molecule has 2 aromatic rings. The molecule has 0 fully saturated rings. The van der Waals surface area contributed by atoms with Crippen molar-refractivity contribution >= 4 is 5.78 Å². The molecular weight excluding hydrogens is 277 g/mol. The Morgan fingerprint density at radius 2 is 1.67 bits per heavy atom. The molecule has 4 heteroatoms. The third-order valence-electron chi connectivity index (χ3n) is 3.88. The number of alkyl halides is 3. The minimum atomic E-state index is -4.32. The Kier molecular flexibility index (Phi) is 3.32. The van der Waals surface area contributed by atoms with Crippen molar-refractivity contribution in [3.63, 3.8) is 0 Å². The summed E-state index contributed by atoms with van der Waals surface area (Å²) in [6, 6.07) is 12.5. The molecule has 1 aliphatic carbocycles. The molecule has 1 atom stereocenters. The highest BCUT2D eigenvalue weighted by Gasteiger charge is 2.32. The minimum Gasteiger partial charge on any atom is -0.294 e. The summed E-state index contributed by atoms with van der Waals surface area (Å²) in [5, 5.41) is 0. The van der Waals surface area contributed by atoms with Crippen LogP contribution in [0.25, 0.3) is 0 Å². The van der Waals surface area contributed by atoms with Gasteiger partial charge in [-0.2, -0.15) is 13.2 Å². The lowest BCUT2D eigenvalue weighted by atomic mass is 9.95. The highest BCUT2D eigenvalue weighted by Crippen LogP contribution is 2.31. The number of Topliss-reactive ketones (excluding diaryl/α,β-unsaturated/α-hetero) is 1. The van der Waals surface area contributed by atoms with Crippen molar-refractivity contribution in [2.45, 2.75) is 19.0 Å². The number of carbonyl (C=O) groups is 1. The summed E-state index contributed by atoms with van der Waals surface area (Å²) in [5.41, 5.74) is 1.87. The summed E-state index contributed by atoms with van der Waals surface area (Å²) >= 11 is 0. The number of rotatable bonds is 2. The van der Waals surface area contributed by atoms with E-state index < -0.39 is 11.7 Å². The highest BCUT2D eigenvalue weighted by molar-refractivity contribution is 6.02. The van der Waals surface area contributed by atoms with Gasteiger partial charge >= 0.3 is 6.18 Å². The quantitative estimate of drug-likeness (QED) is 0.805. The number of hydrogen-bond acceptors (Lipinski definition) is 1. The highest BCUT2D eigenvalue weighted by atomic mass is 19.4. The molecule has 3 rings (SSSR count). The van der Waals surface area contributed by atoms with E-state index in [9.17, 15) is 18.0 Å². The largest absolute Gasteiger partial charge is 0.416 e. The van der Waals surface area contributed by atoms with E-state index in [1.807, 2.05) is 24.3 Å². The van der Waals surface area contributed by atoms with E-state index in [1.54, 1.807) is 0 Å². The zero-order valence-corrected chi connectivity index (χ0v) is 11.2. The average molecular weight is 290 g/mol. The molecule has 0 N–H and O–H groups in total. The summed E-state index contributed by atoms with van der Waals surface area (Å²) in [6.07, 6.45) is -3.18. The van der Waals surface area contributed by atoms with Crippen LogP contribution < -0.4 is 0 Å². The molecule has 0 bridgehead atoms. The van der Waals surface area contributed by atoms with Crippen LogP contribution >= 0.6 is 0 Å². The van der Waals surface area contributed by atoms with Crippen LogP contribution in [0, 0.1) is 5.92 Å². The number of ketones is 1.